The molecule has 1 saturated carbocycles. The zero-order valence-corrected chi connectivity index (χ0v) is 16.6. The molecule has 1 aliphatic carbocycles. The first-order chi connectivity index (χ1) is 14.2. The van der Waals surface area contributed by atoms with Crippen molar-refractivity contribution in [3.05, 3.63) is 47.4 Å². The van der Waals surface area contributed by atoms with E-state index in [1.54, 1.807) is 12.1 Å². The van der Waals surface area contributed by atoms with Gasteiger partial charge in [-0.15, -0.1) is 0 Å². The predicted octanol–water partition coefficient (Wildman–Crippen LogP) is 4.14. The average Bonchev–Trinajstić information content (AvgIpc) is 3.31. The third-order valence-electron chi connectivity index (χ3n) is 4.63. The first-order valence-electron chi connectivity index (χ1n) is 9.58. The Bertz CT molecular complexity index is 818. The Balaban J connectivity index is 0.000000396. The van der Waals surface area contributed by atoms with Crippen molar-refractivity contribution in [2.45, 2.75) is 51.6 Å². The summed E-state index contributed by atoms with van der Waals surface area (Å²) < 4.78 is 53.3. The number of alkyl halides is 3. The molecule has 1 fully saturated rings. The smallest absolute Gasteiger partial charge is 0.475 e. The van der Waals surface area contributed by atoms with E-state index in [0.717, 1.165) is 18.1 Å². The van der Waals surface area contributed by atoms with E-state index in [1.165, 1.54) is 31.7 Å². The molecule has 3 rings (SSSR count). The van der Waals surface area contributed by atoms with Crippen molar-refractivity contribution in [2.75, 3.05) is 7.05 Å². The van der Waals surface area contributed by atoms with Gasteiger partial charge in [0, 0.05) is 24.7 Å². The number of ether oxygens (including phenoxy) is 1. The van der Waals surface area contributed by atoms with Crippen molar-refractivity contribution < 1.29 is 32.2 Å². The zero-order valence-electron chi connectivity index (χ0n) is 16.6. The summed E-state index contributed by atoms with van der Waals surface area (Å²) in [6.45, 7) is 1.81. The molecular weight excluding hydrogens is 406 g/mol. The molecule has 10 heteroatoms. The second kappa shape index (κ2) is 11.0. The second-order valence-corrected chi connectivity index (χ2v) is 7.02. The van der Waals surface area contributed by atoms with Gasteiger partial charge in [-0.2, -0.15) is 18.3 Å². The van der Waals surface area contributed by atoms with Gasteiger partial charge in [0.15, 0.2) is 0 Å². The predicted molar refractivity (Wildman–Crippen MR) is 101 cm³/mol. The maximum Gasteiger partial charge on any atom is 0.490 e. The first-order valence-corrected chi connectivity index (χ1v) is 9.58. The van der Waals surface area contributed by atoms with Crippen LogP contribution in [0.15, 0.2) is 30.3 Å². The van der Waals surface area contributed by atoms with E-state index in [2.05, 4.69) is 10.4 Å². The number of nitrogens with one attached hydrogen (secondary N) is 1. The molecule has 2 N–H and O–H groups in total. The van der Waals surface area contributed by atoms with Crippen molar-refractivity contribution in [3.63, 3.8) is 0 Å². The number of carboxylic acids is 1. The molecule has 1 aromatic heterocycles. The number of rotatable bonds is 7. The number of hydrogen-bond donors (Lipinski definition) is 2. The molecule has 2 aromatic rings. The van der Waals surface area contributed by atoms with Gasteiger partial charge in [-0.05, 0) is 31.9 Å². The summed E-state index contributed by atoms with van der Waals surface area (Å²) in [6, 6.07) is 8.67. The third-order valence-corrected chi connectivity index (χ3v) is 4.63. The lowest BCUT2D eigenvalue weighted by atomic mass is 10.1. The lowest BCUT2D eigenvalue weighted by Crippen LogP contribution is -2.21. The minimum atomic E-state index is -5.08. The van der Waals surface area contributed by atoms with Crippen molar-refractivity contribution in [1.82, 2.24) is 15.1 Å². The van der Waals surface area contributed by atoms with Gasteiger partial charge in [-0.3, -0.25) is 0 Å². The monoisotopic (exact) mass is 431 g/mol. The lowest BCUT2D eigenvalue weighted by Gasteiger charge is -2.13. The summed E-state index contributed by atoms with van der Waals surface area (Å²) in [5.74, 6) is -1.59. The first kappa shape index (κ1) is 23.7. The SMILES string of the molecule is CNCc1cc(OCc2ccccc2F)n(CC2CCCC2)n1.O=C(O)C(F)(F)F. The van der Waals surface area contributed by atoms with Crippen LogP contribution in [0.4, 0.5) is 17.6 Å². The van der Waals surface area contributed by atoms with Gasteiger partial charge in [0.1, 0.15) is 12.4 Å². The van der Waals surface area contributed by atoms with Gasteiger partial charge in [0.2, 0.25) is 5.88 Å². The molecule has 0 saturated heterocycles. The Morgan fingerprint density at radius 3 is 2.50 bits per heavy atom. The van der Waals surface area contributed by atoms with Crippen molar-refractivity contribution in [1.29, 1.82) is 0 Å². The maximum atomic E-state index is 13.7. The number of aliphatic carboxylic acids is 1. The van der Waals surface area contributed by atoms with Crippen LogP contribution in [0.2, 0.25) is 0 Å². The Kier molecular flexibility index (Phi) is 8.64. The minimum Gasteiger partial charge on any atom is -0.475 e. The fourth-order valence-electron chi connectivity index (χ4n) is 3.17. The fraction of sp³-hybridized carbons (Fsp3) is 0.500. The number of carbonyl (C=O) groups is 1. The lowest BCUT2D eigenvalue weighted by molar-refractivity contribution is -0.192. The molecule has 6 nitrogen and oxygen atoms in total. The highest BCUT2D eigenvalue weighted by Crippen LogP contribution is 2.28. The zero-order chi connectivity index (χ0) is 22.1. The number of hydrogen-bond acceptors (Lipinski definition) is 4. The van der Waals surface area contributed by atoms with E-state index in [-0.39, 0.29) is 12.4 Å². The van der Waals surface area contributed by atoms with Gasteiger partial charge in [0.25, 0.3) is 0 Å². The van der Waals surface area contributed by atoms with Crippen LogP contribution in [0.1, 0.15) is 36.9 Å². The molecular formula is C20H25F4N3O3. The number of nitrogens with zero attached hydrogens (tertiary/aromatic N) is 2. The molecule has 1 heterocycles. The van der Waals surface area contributed by atoms with Crippen LogP contribution >= 0.6 is 0 Å². The highest BCUT2D eigenvalue weighted by atomic mass is 19.4. The highest BCUT2D eigenvalue weighted by Gasteiger charge is 2.38. The Morgan fingerprint density at radius 1 is 1.30 bits per heavy atom. The molecule has 0 spiro atoms. The molecule has 0 atom stereocenters. The Morgan fingerprint density at radius 2 is 1.93 bits per heavy atom. The van der Waals surface area contributed by atoms with Crippen LogP contribution in [0.5, 0.6) is 5.88 Å². The van der Waals surface area contributed by atoms with Crippen LogP contribution in [-0.4, -0.2) is 34.1 Å². The van der Waals surface area contributed by atoms with E-state index in [4.69, 9.17) is 14.6 Å². The Hall–Kier alpha value is -2.62. The summed E-state index contributed by atoms with van der Waals surface area (Å²) in [6.07, 6.45) is 0.0450. The molecule has 0 radical (unpaired) electrons. The number of aromatic nitrogens is 2. The summed E-state index contributed by atoms with van der Waals surface area (Å²) in [7, 11) is 1.90. The summed E-state index contributed by atoms with van der Waals surface area (Å²) in [5.41, 5.74) is 1.52. The summed E-state index contributed by atoms with van der Waals surface area (Å²) in [4.78, 5) is 8.90. The van der Waals surface area contributed by atoms with E-state index in [9.17, 15) is 17.6 Å². The van der Waals surface area contributed by atoms with E-state index >= 15 is 0 Å². The molecule has 1 aromatic carbocycles. The van der Waals surface area contributed by atoms with Crippen molar-refractivity contribution in [2.24, 2.45) is 5.92 Å². The summed E-state index contributed by atoms with van der Waals surface area (Å²) >= 11 is 0. The summed E-state index contributed by atoms with van der Waals surface area (Å²) in [5, 5.41) is 14.9. The second-order valence-electron chi connectivity index (χ2n) is 7.02. The molecule has 0 aliphatic heterocycles. The van der Waals surface area contributed by atoms with Crippen molar-refractivity contribution in [3.8, 4) is 5.88 Å². The van der Waals surface area contributed by atoms with E-state index in [0.29, 0.717) is 18.0 Å². The van der Waals surface area contributed by atoms with Gasteiger partial charge >= 0.3 is 12.1 Å². The number of halogens is 4. The van der Waals surface area contributed by atoms with Gasteiger partial charge in [-0.25, -0.2) is 13.9 Å². The molecule has 0 bridgehead atoms. The molecule has 166 valence electrons. The van der Waals surface area contributed by atoms with Crippen LogP contribution in [-0.2, 0) is 24.5 Å². The highest BCUT2D eigenvalue weighted by molar-refractivity contribution is 5.73. The quantitative estimate of drug-likeness (QED) is 0.645. The molecule has 0 amide bonds. The van der Waals surface area contributed by atoms with Crippen LogP contribution < -0.4 is 10.1 Å². The van der Waals surface area contributed by atoms with E-state index in [1.807, 2.05) is 23.9 Å². The van der Waals surface area contributed by atoms with Gasteiger partial charge in [0.05, 0.1) is 5.69 Å². The van der Waals surface area contributed by atoms with Crippen LogP contribution in [0.25, 0.3) is 0 Å². The number of benzene rings is 1. The molecule has 30 heavy (non-hydrogen) atoms. The third kappa shape index (κ3) is 7.33. The standard InChI is InChI=1S/C18H24FN3O.C2HF3O2/c1-20-11-16-10-18(22(21-16)12-14-6-2-3-7-14)23-13-15-8-4-5-9-17(15)19;3-2(4,5)1(6)7/h4-5,8-10,14,20H,2-3,6-7,11-13H2,1H3;(H,6,7). The van der Waals surface area contributed by atoms with Gasteiger partial charge < -0.3 is 15.2 Å². The van der Waals surface area contributed by atoms with Crippen LogP contribution in [0, 0.1) is 11.7 Å². The van der Waals surface area contributed by atoms with Crippen LogP contribution in [0.3, 0.4) is 0 Å². The average molecular weight is 431 g/mol. The van der Waals surface area contributed by atoms with Crippen molar-refractivity contribution >= 4 is 5.97 Å². The topological polar surface area (TPSA) is 76.4 Å². The minimum absolute atomic E-state index is 0.224. The molecule has 0 unspecified atom stereocenters. The Labute approximate surface area is 171 Å². The maximum absolute atomic E-state index is 13.7. The normalized spacial score (nSPS) is 14.3. The van der Waals surface area contributed by atoms with E-state index < -0.39 is 12.1 Å². The number of carboxylic acid groups (broad SMARTS) is 1. The molecule has 1 aliphatic rings. The fourth-order valence-corrected chi connectivity index (χ4v) is 3.17. The largest absolute Gasteiger partial charge is 0.490 e. The van der Waals surface area contributed by atoms with Gasteiger partial charge in [-0.1, -0.05) is 31.0 Å².